The summed E-state index contributed by atoms with van der Waals surface area (Å²) in [6.07, 6.45) is -4.28. The second-order valence-electron chi connectivity index (χ2n) is 9.65. The molecule has 1 heterocycles. The number of halogens is 5. The molecule has 1 N–H and O–H groups in total. The normalized spacial score (nSPS) is 14.2. The molecule has 0 spiro atoms. The van der Waals surface area contributed by atoms with Crippen molar-refractivity contribution < 1.29 is 54.2 Å². The van der Waals surface area contributed by atoms with E-state index in [2.05, 4.69) is 14.4 Å². The summed E-state index contributed by atoms with van der Waals surface area (Å²) >= 11 is 0. The third-order valence-corrected chi connectivity index (χ3v) is 7.86. The minimum absolute atomic E-state index is 0.0349. The number of esters is 2. The predicted octanol–water partition coefficient (Wildman–Crippen LogP) is 5.17. The summed E-state index contributed by atoms with van der Waals surface area (Å²) in [4.78, 5) is 26.1. The highest BCUT2D eigenvalue weighted by atomic mass is 32.2. The number of sulfonamides is 1. The molecule has 15 heteroatoms. The van der Waals surface area contributed by atoms with Gasteiger partial charge in [-0.25, -0.2) is 26.8 Å². The van der Waals surface area contributed by atoms with Gasteiger partial charge in [0.1, 0.15) is 22.9 Å². The topological polar surface area (TPSA) is 111 Å². The maximum atomic E-state index is 14.3. The van der Waals surface area contributed by atoms with E-state index < -0.39 is 56.0 Å². The Balaban J connectivity index is 1.50. The number of hydrogen-bond donors (Lipinski definition) is 1. The van der Waals surface area contributed by atoms with E-state index in [4.69, 9.17) is 9.47 Å². The summed E-state index contributed by atoms with van der Waals surface area (Å²) in [7, 11) is -4.46. The van der Waals surface area contributed by atoms with Crippen LogP contribution in [0.2, 0.25) is 0 Å². The third kappa shape index (κ3) is 8.74. The molecular formula is C29H27F5N2O7S. The van der Waals surface area contributed by atoms with Crippen LogP contribution in [0.3, 0.4) is 0 Å². The average Bonchev–Trinajstić information content (AvgIpc) is 2.98. The first kappa shape index (κ1) is 32.8. The second-order valence-corrected chi connectivity index (χ2v) is 11.3. The molecule has 0 unspecified atom stereocenters. The van der Waals surface area contributed by atoms with Crippen LogP contribution >= 0.6 is 0 Å². The number of carbonyl (C=O) groups is 2. The smallest absolute Gasteiger partial charge is 0.462 e. The summed E-state index contributed by atoms with van der Waals surface area (Å²) in [6, 6.07) is 10.3. The molecular weight excluding hydrogens is 615 g/mol. The number of rotatable bonds is 11. The third-order valence-electron chi connectivity index (χ3n) is 6.48. The lowest BCUT2D eigenvalue weighted by Gasteiger charge is -2.26. The van der Waals surface area contributed by atoms with E-state index in [1.165, 1.54) is 12.1 Å². The number of alkyl halides is 3. The van der Waals surface area contributed by atoms with Gasteiger partial charge in [-0.15, -0.1) is 0 Å². The van der Waals surface area contributed by atoms with E-state index in [0.717, 1.165) is 68.2 Å². The first-order valence-corrected chi connectivity index (χ1v) is 14.8. The standard InChI is InChI=1S/C29H27F5N2O7S/c30-20-6-9-25(31)24(17-20)19-4-3-5-22(16-19)44(39,40)35-21-7-8-23(26(18-21)43-28(38)29(32,33)34)27(37)42-13-2-1-10-36-11-14-41-15-12-36/h3-9,16-18,35H,1-2,10-15H2. The summed E-state index contributed by atoms with van der Waals surface area (Å²) in [5.41, 5.74) is -1.07. The molecule has 0 aromatic heterocycles. The molecule has 0 atom stereocenters. The zero-order valence-electron chi connectivity index (χ0n) is 23.0. The van der Waals surface area contributed by atoms with Gasteiger partial charge in [0.15, 0.2) is 0 Å². The highest BCUT2D eigenvalue weighted by Gasteiger charge is 2.42. The van der Waals surface area contributed by atoms with Gasteiger partial charge in [-0.05, 0) is 67.4 Å². The fourth-order valence-electron chi connectivity index (χ4n) is 4.27. The van der Waals surface area contributed by atoms with Crippen molar-refractivity contribution in [2.24, 2.45) is 0 Å². The molecule has 236 valence electrons. The molecule has 3 aromatic carbocycles. The Kier molecular flexibility index (Phi) is 10.5. The summed E-state index contributed by atoms with van der Waals surface area (Å²) in [6.45, 7) is 3.49. The van der Waals surface area contributed by atoms with Gasteiger partial charge in [0.05, 0.1) is 30.4 Å². The van der Waals surface area contributed by atoms with E-state index in [9.17, 15) is 40.0 Å². The molecule has 1 saturated heterocycles. The van der Waals surface area contributed by atoms with Gasteiger partial charge in [0.2, 0.25) is 0 Å². The molecule has 1 aliphatic heterocycles. The van der Waals surface area contributed by atoms with Gasteiger partial charge >= 0.3 is 18.1 Å². The molecule has 0 bridgehead atoms. The van der Waals surface area contributed by atoms with Crippen LogP contribution in [0.15, 0.2) is 65.6 Å². The van der Waals surface area contributed by atoms with Crippen molar-refractivity contribution in [1.29, 1.82) is 0 Å². The number of nitrogens with zero attached hydrogens (tertiary/aromatic N) is 1. The molecule has 44 heavy (non-hydrogen) atoms. The van der Waals surface area contributed by atoms with Crippen LogP contribution < -0.4 is 9.46 Å². The van der Waals surface area contributed by atoms with E-state index in [1.807, 2.05) is 0 Å². The summed E-state index contributed by atoms with van der Waals surface area (Å²) in [5, 5.41) is 0. The predicted molar refractivity (Wildman–Crippen MR) is 148 cm³/mol. The van der Waals surface area contributed by atoms with Crippen molar-refractivity contribution in [3.8, 4) is 16.9 Å². The second kappa shape index (κ2) is 14.1. The number of benzene rings is 3. The van der Waals surface area contributed by atoms with E-state index in [-0.39, 0.29) is 23.4 Å². The maximum Gasteiger partial charge on any atom is 0.491 e. The number of hydrogen-bond acceptors (Lipinski definition) is 8. The molecule has 1 fully saturated rings. The number of nitrogens with one attached hydrogen (secondary N) is 1. The van der Waals surface area contributed by atoms with Crippen LogP contribution in [0.25, 0.3) is 11.1 Å². The van der Waals surface area contributed by atoms with E-state index in [1.54, 1.807) is 0 Å². The summed E-state index contributed by atoms with van der Waals surface area (Å²) in [5.74, 6) is -6.16. The van der Waals surface area contributed by atoms with Gasteiger partial charge in [0.25, 0.3) is 10.0 Å². The maximum absolute atomic E-state index is 14.3. The molecule has 0 saturated carbocycles. The zero-order chi connectivity index (χ0) is 31.9. The van der Waals surface area contributed by atoms with Crippen molar-refractivity contribution in [3.63, 3.8) is 0 Å². The number of morpholine rings is 1. The van der Waals surface area contributed by atoms with Gasteiger partial charge in [0, 0.05) is 24.7 Å². The monoisotopic (exact) mass is 642 g/mol. The lowest BCUT2D eigenvalue weighted by Crippen LogP contribution is -2.36. The van der Waals surface area contributed by atoms with Gasteiger partial charge < -0.3 is 14.2 Å². The Morgan fingerprint density at radius 1 is 0.955 bits per heavy atom. The molecule has 0 radical (unpaired) electrons. The first-order valence-electron chi connectivity index (χ1n) is 13.3. The average molecular weight is 643 g/mol. The van der Waals surface area contributed by atoms with E-state index in [0.29, 0.717) is 26.1 Å². The number of anilines is 1. The van der Waals surface area contributed by atoms with Crippen LogP contribution in [-0.2, 0) is 24.3 Å². The van der Waals surface area contributed by atoms with Gasteiger partial charge in [-0.2, -0.15) is 13.2 Å². The first-order chi connectivity index (χ1) is 20.8. The van der Waals surface area contributed by atoms with Crippen molar-refractivity contribution in [3.05, 3.63) is 77.9 Å². The summed E-state index contributed by atoms with van der Waals surface area (Å²) < 4.78 is 110. The minimum Gasteiger partial charge on any atom is -0.462 e. The van der Waals surface area contributed by atoms with Crippen molar-refractivity contribution in [2.75, 3.05) is 44.2 Å². The SMILES string of the molecule is O=C(OCCCCN1CCOCC1)c1ccc(NS(=O)(=O)c2cccc(-c3cc(F)ccc3F)c2)cc1OC(=O)C(F)(F)F. The van der Waals surface area contributed by atoms with Crippen LogP contribution in [-0.4, -0.2) is 70.9 Å². The molecule has 3 aromatic rings. The van der Waals surface area contributed by atoms with Gasteiger partial charge in [-0.3, -0.25) is 9.62 Å². The van der Waals surface area contributed by atoms with E-state index >= 15 is 0 Å². The Bertz CT molecular complexity index is 1610. The Morgan fingerprint density at radius 2 is 1.70 bits per heavy atom. The highest BCUT2D eigenvalue weighted by molar-refractivity contribution is 7.92. The molecule has 0 amide bonds. The van der Waals surface area contributed by atoms with Crippen molar-refractivity contribution >= 4 is 27.6 Å². The minimum atomic E-state index is -5.41. The zero-order valence-corrected chi connectivity index (χ0v) is 23.8. The van der Waals surface area contributed by atoms with Crippen LogP contribution in [0.5, 0.6) is 5.75 Å². The Hall–Kier alpha value is -4.08. The number of ether oxygens (including phenoxy) is 3. The lowest BCUT2D eigenvalue weighted by molar-refractivity contribution is -0.189. The molecule has 0 aliphatic carbocycles. The number of carbonyl (C=O) groups excluding carboxylic acids is 2. The van der Waals surface area contributed by atoms with Crippen LogP contribution in [0, 0.1) is 11.6 Å². The lowest BCUT2D eigenvalue weighted by atomic mass is 10.1. The fraction of sp³-hybridized carbons (Fsp3) is 0.310. The highest BCUT2D eigenvalue weighted by Crippen LogP contribution is 2.30. The molecule has 9 nitrogen and oxygen atoms in total. The van der Waals surface area contributed by atoms with Crippen molar-refractivity contribution in [1.82, 2.24) is 4.90 Å². The molecule has 1 aliphatic rings. The molecule has 4 rings (SSSR count). The largest absolute Gasteiger partial charge is 0.491 e. The quantitative estimate of drug-likeness (QED) is 0.132. The van der Waals surface area contributed by atoms with Crippen LogP contribution in [0.4, 0.5) is 27.6 Å². The van der Waals surface area contributed by atoms with Crippen LogP contribution in [0.1, 0.15) is 23.2 Å². The fourth-order valence-corrected chi connectivity index (χ4v) is 5.36. The number of unbranched alkanes of at least 4 members (excludes halogenated alkanes) is 1. The Morgan fingerprint density at radius 3 is 2.43 bits per heavy atom. The van der Waals surface area contributed by atoms with Gasteiger partial charge in [-0.1, -0.05) is 12.1 Å². The Labute approximate surface area is 249 Å². The van der Waals surface area contributed by atoms with Crippen molar-refractivity contribution in [2.45, 2.75) is 23.9 Å².